The van der Waals surface area contributed by atoms with Crippen molar-refractivity contribution < 1.29 is 0 Å². The molecule has 0 radical (unpaired) electrons. The molecule has 3 heteroatoms. The third-order valence-corrected chi connectivity index (χ3v) is 3.27. The maximum Gasteiger partial charge on any atom is 0.0439 e. The Kier molecular flexibility index (Phi) is 3.94. The first kappa shape index (κ1) is 12.3. The molecule has 0 spiro atoms. The van der Waals surface area contributed by atoms with E-state index in [1.54, 1.807) is 0 Å². The summed E-state index contributed by atoms with van der Waals surface area (Å²) >= 11 is 0. The first-order valence-corrected chi connectivity index (χ1v) is 5.50. The number of nitrogens with one attached hydrogen (secondary N) is 1. The summed E-state index contributed by atoms with van der Waals surface area (Å²) in [5.74, 6) is 0.437. The van der Waals surface area contributed by atoms with E-state index in [4.69, 9.17) is 5.73 Å². The zero-order chi connectivity index (χ0) is 11.5. The van der Waals surface area contributed by atoms with Crippen molar-refractivity contribution in [1.82, 2.24) is 10.2 Å². The topological polar surface area (TPSA) is 41.3 Å². The minimum Gasteiger partial charge on any atom is -0.399 e. The molecule has 2 unspecified atom stereocenters. The highest BCUT2D eigenvalue weighted by atomic mass is 15.1. The second kappa shape index (κ2) is 4.81. The van der Waals surface area contributed by atoms with Crippen LogP contribution in [0.15, 0.2) is 23.9 Å². The Labute approximate surface area is 93.0 Å². The summed E-state index contributed by atoms with van der Waals surface area (Å²) in [7, 11) is 6.22. The van der Waals surface area contributed by atoms with Gasteiger partial charge < -0.3 is 16.0 Å². The lowest BCUT2D eigenvalue weighted by Gasteiger charge is -2.38. The normalized spacial score (nSPS) is 30.7. The van der Waals surface area contributed by atoms with Crippen LogP contribution in [0.1, 0.15) is 13.3 Å². The number of nitrogens with two attached hydrogens (primary N) is 1. The molecule has 1 rings (SSSR count). The van der Waals surface area contributed by atoms with Gasteiger partial charge in [-0.15, -0.1) is 0 Å². The SMILES string of the molecule is CNC1(CCN(C)C)C=CC(N)=CC1C. The molecule has 1 aliphatic rings. The molecule has 0 heterocycles. The van der Waals surface area contributed by atoms with E-state index in [2.05, 4.69) is 43.4 Å². The minimum atomic E-state index is 0.0626. The van der Waals surface area contributed by atoms with Crippen molar-refractivity contribution >= 4 is 0 Å². The van der Waals surface area contributed by atoms with Gasteiger partial charge in [-0.25, -0.2) is 0 Å². The van der Waals surface area contributed by atoms with Crippen molar-refractivity contribution in [2.24, 2.45) is 11.7 Å². The highest BCUT2D eigenvalue weighted by molar-refractivity contribution is 5.29. The maximum atomic E-state index is 5.79. The summed E-state index contributed by atoms with van der Waals surface area (Å²) in [5, 5.41) is 3.43. The molecular formula is C12H23N3. The van der Waals surface area contributed by atoms with Crippen molar-refractivity contribution in [3.63, 3.8) is 0 Å². The van der Waals surface area contributed by atoms with Crippen molar-refractivity contribution in [1.29, 1.82) is 0 Å². The van der Waals surface area contributed by atoms with Gasteiger partial charge in [0.2, 0.25) is 0 Å². The van der Waals surface area contributed by atoms with Gasteiger partial charge in [-0.05, 0) is 46.1 Å². The molecule has 0 aromatic rings. The number of allylic oxidation sites excluding steroid dienone is 1. The largest absolute Gasteiger partial charge is 0.399 e. The summed E-state index contributed by atoms with van der Waals surface area (Å²) in [6.45, 7) is 3.28. The Balaban J connectivity index is 2.73. The average molecular weight is 209 g/mol. The molecule has 0 fully saturated rings. The van der Waals surface area contributed by atoms with Crippen LogP contribution in [0, 0.1) is 5.92 Å². The molecular weight excluding hydrogens is 186 g/mol. The van der Waals surface area contributed by atoms with Gasteiger partial charge in [-0.2, -0.15) is 0 Å². The van der Waals surface area contributed by atoms with E-state index in [-0.39, 0.29) is 5.54 Å². The Morgan fingerprint density at radius 2 is 2.20 bits per heavy atom. The van der Waals surface area contributed by atoms with Crippen molar-refractivity contribution in [3.05, 3.63) is 23.9 Å². The van der Waals surface area contributed by atoms with Gasteiger partial charge in [0.1, 0.15) is 0 Å². The molecule has 3 nitrogen and oxygen atoms in total. The molecule has 0 aliphatic heterocycles. The molecule has 3 N–H and O–H groups in total. The van der Waals surface area contributed by atoms with E-state index in [9.17, 15) is 0 Å². The Bertz CT molecular complexity index is 268. The Morgan fingerprint density at radius 3 is 2.67 bits per heavy atom. The summed E-state index contributed by atoms with van der Waals surface area (Å²) < 4.78 is 0. The molecule has 1 aliphatic carbocycles. The van der Waals surface area contributed by atoms with Crippen molar-refractivity contribution in [3.8, 4) is 0 Å². The van der Waals surface area contributed by atoms with Crippen LogP contribution in [0.5, 0.6) is 0 Å². The van der Waals surface area contributed by atoms with Crippen molar-refractivity contribution in [2.75, 3.05) is 27.7 Å². The molecule has 0 bridgehead atoms. The van der Waals surface area contributed by atoms with Gasteiger partial charge in [0.05, 0.1) is 0 Å². The third kappa shape index (κ3) is 2.83. The second-order valence-electron chi connectivity index (χ2n) is 4.63. The van der Waals surface area contributed by atoms with E-state index in [0.29, 0.717) is 5.92 Å². The number of nitrogens with zero attached hydrogens (tertiary/aromatic N) is 1. The predicted octanol–water partition coefficient (Wildman–Crippen LogP) is 0.945. The molecule has 86 valence electrons. The molecule has 0 aromatic heterocycles. The average Bonchev–Trinajstić information content (AvgIpc) is 2.17. The van der Waals surface area contributed by atoms with Crippen LogP contribution in [0.3, 0.4) is 0 Å². The van der Waals surface area contributed by atoms with Gasteiger partial charge in [0, 0.05) is 11.2 Å². The van der Waals surface area contributed by atoms with Gasteiger partial charge in [0.25, 0.3) is 0 Å². The number of hydrogen-bond donors (Lipinski definition) is 2. The van der Waals surface area contributed by atoms with E-state index in [1.165, 1.54) is 0 Å². The minimum absolute atomic E-state index is 0.0626. The number of rotatable bonds is 4. The molecule has 15 heavy (non-hydrogen) atoms. The number of hydrogen-bond acceptors (Lipinski definition) is 3. The highest BCUT2D eigenvalue weighted by Crippen LogP contribution is 2.28. The van der Waals surface area contributed by atoms with Crippen LogP contribution in [0.2, 0.25) is 0 Å². The van der Waals surface area contributed by atoms with Crippen LogP contribution < -0.4 is 11.1 Å². The van der Waals surface area contributed by atoms with Crippen LogP contribution in [0.4, 0.5) is 0 Å². The summed E-state index contributed by atoms with van der Waals surface area (Å²) in [6.07, 6.45) is 7.44. The van der Waals surface area contributed by atoms with E-state index in [1.807, 2.05) is 13.1 Å². The van der Waals surface area contributed by atoms with Gasteiger partial charge in [0.15, 0.2) is 0 Å². The maximum absolute atomic E-state index is 5.79. The van der Waals surface area contributed by atoms with Gasteiger partial charge >= 0.3 is 0 Å². The summed E-state index contributed by atoms with van der Waals surface area (Å²) in [4.78, 5) is 2.21. The summed E-state index contributed by atoms with van der Waals surface area (Å²) in [6, 6.07) is 0. The molecule has 0 amide bonds. The Morgan fingerprint density at radius 1 is 1.53 bits per heavy atom. The molecule has 0 saturated carbocycles. The van der Waals surface area contributed by atoms with Crippen molar-refractivity contribution in [2.45, 2.75) is 18.9 Å². The van der Waals surface area contributed by atoms with E-state index >= 15 is 0 Å². The lowest BCUT2D eigenvalue weighted by molar-refractivity contribution is 0.274. The molecule has 2 atom stereocenters. The third-order valence-electron chi connectivity index (χ3n) is 3.27. The van der Waals surface area contributed by atoms with Crippen LogP contribution in [-0.2, 0) is 0 Å². The zero-order valence-electron chi connectivity index (χ0n) is 10.2. The molecule has 0 saturated heterocycles. The second-order valence-corrected chi connectivity index (χ2v) is 4.63. The fraction of sp³-hybridized carbons (Fsp3) is 0.667. The Hall–Kier alpha value is -0.800. The number of likely N-dealkylation sites (N-methyl/N-ethyl adjacent to an activating group) is 1. The van der Waals surface area contributed by atoms with E-state index < -0.39 is 0 Å². The fourth-order valence-corrected chi connectivity index (χ4v) is 2.05. The summed E-state index contributed by atoms with van der Waals surface area (Å²) in [5.41, 5.74) is 6.73. The predicted molar refractivity (Wildman–Crippen MR) is 65.5 cm³/mol. The van der Waals surface area contributed by atoms with Gasteiger partial charge in [-0.1, -0.05) is 19.1 Å². The molecule has 0 aromatic carbocycles. The van der Waals surface area contributed by atoms with E-state index in [0.717, 1.165) is 18.7 Å². The van der Waals surface area contributed by atoms with Crippen LogP contribution in [-0.4, -0.2) is 38.1 Å². The lowest BCUT2D eigenvalue weighted by atomic mass is 9.78. The lowest BCUT2D eigenvalue weighted by Crippen LogP contribution is -2.49. The van der Waals surface area contributed by atoms with Crippen LogP contribution >= 0.6 is 0 Å². The zero-order valence-corrected chi connectivity index (χ0v) is 10.2. The quantitative estimate of drug-likeness (QED) is 0.724. The first-order valence-electron chi connectivity index (χ1n) is 5.50. The smallest absolute Gasteiger partial charge is 0.0439 e. The standard InChI is InChI=1S/C12H23N3/c1-10-9-11(13)5-6-12(10,14-2)7-8-15(3)4/h5-6,9-10,14H,7-8,13H2,1-4H3. The monoisotopic (exact) mass is 209 g/mol. The first-order chi connectivity index (χ1) is 7.00. The highest BCUT2D eigenvalue weighted by Gasteiger charge is 2.32. The van der Waals surface area contributed by atoms with Gasteiger partial charge in [-0.3, -0.25) is 0 Å². The fourth-order valence-electron chi connectivity index (χ4n) is 2.05. The van der Waals surface area contributed by atoms with Crippen LogP contribution in [0.25, 0.3) is 0 Å².